The fourth-order valence-corrected chi connectivity index (χ4v) is 3.70. The topological polar surface area (TPSA) is 116 Å². The number of benzene rings is 1. The van der Waals surface area contributed by atoms with Crippen molar-refractivity contribution in [2.45, 2.75) is 19.9 Å². The van der Waals surface area contributed by atoms with Gasteiger partial charge in [0, 0.05) is 20.6 Å². The van der Waals surface area contributed by atoms with E-state index in [4.69, 9.17) is 16.0 Å². The summed E-state index contributed by atoms with van der Waals surface area (Å²) >= 11 is 6.20. The van der Waals surface area contributed by atoms with Gasteiger partial charge in [-0.05, 0) is 30.7 Å². The number of amides is 1. The van der Waals surface area contributed by atoms with Gasteiger partial charge >= 0.3 is 5.69 Å². The van der Waals surface area contributed by atoms with Crippen molar-refractivity contribution < 1.29 is 9.21 Å². The molecule has 0 N–H and O–H groups in total. The highest BCUT2D eigenvalue weighted by molar-refractivity contribution is 6.33. The number of nitrogens with zero attached hydrogens (tertiary/aromatic N) is 6. The van der Waals surface area contributed by atoms with E-state index >= 15 is 0 Å². The number of halogens is 1. The Morgan fingerprint density at radius 3 is 2.58 bits per heavy atom. The van der Waals surface area contributed by atoms with Crippen molar-refractivity contribution >= 4 is 28.5 Å². The highest BCUT2D eigenvalue weighted by Crippen LogP contribution is 2.26. The van der Waals surface area contributed by atoms with Gasteiger partial charge in [-0.3, -0.25) is 18.7 Å². The van der Waals surface area contributed by atoms with E-state index in [-0.39, 0.29) is 41.0 Å². The van der Waals surface area contributed by atoms with E-state index in [0.717, 1.165) is 4.57 Å². The Morgan fingerprint density at radius 2 is 1.85 bits per heavy atom. The van der Waals surface area contributed by atoms with Crippen LogP contribution in [0.2, 0.25) is 5.02 Å². The molecule has 11 heteroatoms. The van der Waals surface area contributed by atoms with Crippen LogP contribution in [-0.2, 0) is 20.6 Å². The minimum absolute atomic E-state index is 0.0688. The lowest BCUT2D eigenvalue weighted by Gasteiger charge is -2.20. The Labute approximate surface area is 193 Å². The molecule has 170 valence electrons. The molecule has 0 spiro atoms. The summed E-state index contributed by atoms with van der Waals surface area (Å²) in [6, 6.07) is 10.1. The highest BCUT2D eigenvalue weighted by atomic mass is 35.5. The number of hydrogen-bond donors (Lipinski definition) is 0. The van der Waals surface area contributed by atoms with Crippen LogP contribution in [0, 0.1) is 0 Å². The smallest absolute Gasteiger partial charge is 0.332 e. The summed E-state index contributed by atoms with van der Waals surface area (Å²) in [6.45, 7) is 2.42. The molecule has 1 amide bonds. The first kappa shape index (κ1) is 22.4. The third-order valence-electron chi connectivity index (χ3n) is 5.20. The molecule has 0 aliphatic carbocycles. The Balaban J connectivity index is 1.66. The van der Waals surface area contributed by atoms with E-state index in [9.17, 15) is 14.4 Å². The average molecular weight is 469 g/mol. The molecular formula is C22H21ClN6O4. The molecule has 0 saturated heterocycles. The fraction of sp³-hybridized carbons (Fsp3) is 0.273. The Morgan fingerprint density at radius 1 is 1.09 bits per heavy atom. The molecule has 0 radical (unpaired) electrons. The monoisotopic (exact) mass is 468 g/mol. The van der Waals surface area contributed by atoms with E-state index in [1.165, 1.54) is 35.7 Å². The van der Waals surface area contributed by atoms with Crippen LogP contribution in [0.5, 0.6) is 0 Å². The number of aryl methyl sites for hydroxylation is 1. The normalized spacial score (nSPS) is 11.2. The summed E-state index contributed by atoms with van der Waals surface area (Å²) in [7, 11) is 2.90. The van der Waals surface area contributed by atoms with Gasteiger partial charge in [0.05, 0.1) is 22.5 Å². The fourth-order valence-electron chi connectivity index (χ4n) is 3.48. The molecule has 33 heavy (non-hydrogen) atoms. The standard InChI is InChI=1S/C22H21ClN6O4/c1-4-11-29(12-17-25-26-19(33-17)13-7-5-6-8-15(13)23)21(31)16-10-9-14-18(24-16)27(2)22(32)28(3)20(14)30/h5-10H,4,11-12H2,1-3H3. The molecule has 0 saturated carbocycles. The maximum absolute atomic E-state index is 13.2. The van der Waals surface area contributed by atoms with Crippen LogP contribution in [0.15, 0.2) is 50.4 Å². The van der Waals surface area contributed by atoms with Gasteiger partial charge in [0.15, 0.2) is 0 Å². The summed E-state index contributed by atoms with van der Waals surface area (Å²) in [6.07, 6.45) is 0.684. The molecule has 0 unspecified atom stereocenters. The average Bonchev–Trinajstić information content (AvgIpc) is 3.28. The summed E-state index contributed by atoms with van der Waals surface area (Å²) < 4.78 is 7.98. The second kappa shape index (κ2) is 8.99. The minimum atomic E-state index is -0.520. The number of carbonyl (C=O) groups excluding carboxylic acids is 1. The largest absolute Gasteiger partial charge is 0.419 e. The van der Waals surface area contributed by atoms with E-state index in [1.54, 1.807) is 18.2 Å². The van der Waals surface area contributed by atoms with Crippen LogP contribution < -0.4 is 11.2 Å². The van der Waals surface area contributed by atoms with E-state index in [1.807, 2.05) is 13.0 Å². The van der Waals surface area contributed by atoms with Gasteiger partial charge in [0.1, 0.15) is 11.3 Å². The van der Waals surface area contributed by atoms with Crippen LogP contribution in [0.3, 0.4) is 0 Å². The SMILES string of the molecule is CCCN(Cc1nnc(-c2ccccc2Cl)o1)C(=O)c1ccc2c(=O)n(C)c(=O)n(C)c2n1. The summed E-state index contributed by atoms with van der Waals surface area (Å²) in [4.78, 5) is 43.7. The van der Waals surface area contributed by atoms with Gasteiger partial charge in [0.2, 0.25) is 11.8 Å². The van der Waals surface area contributed by atoms with Gasteiger partial charge < -0.3 is 9.32 Å². The number of fused-ring (bicyclic) bond motifs is 1. The van der Waals surface area contributed by atoms with Crippen LogP contribution in [0.25, 0.3) is 22.5 Å². The van der Waals surface area contributed by atoms with E-state index < -0.39 is 11.2 Å². The van der Waals surface area contributed by atoms with Crippen LogP contribution in [0.4, 0.5) is 0 Å². The zero-order chi connectivity index (χ0) is 23.7. The van der Waals surface area contributed by atoms with Crippen molar-refractivity contribution in [2.24, 2.45) is 14.1 Å². The molecule has 0 aliphatic rings. The molecule has 0 atom stereocenters. The summed E-state index contributed by atoms with van der Waals surface area (Å²) in [5.41, 5.74) is -0.143. The lowest BCUT2D eigenvalue weighted by Crippen LogP contribution is -2.38. The maximum Gasteiger partial charge on any atom is 0.332 e. The zero-order valence-electron chi connectivity index (χ0n) is 18.3. The number of hydrogen-bond acceptors (Lipinski definition) is 7. The van der Waals surface area contributed by atoms with Crippen molar-refractivity contribution in [2.75, 3.05) is 6.54 Å². The van der Waals surface area contributed by atoms with Gasteiger partial charge in [-0.15, -0.1) is 10.2 Å². The zero-order valence-corrected chi connectivity index (χ0v) is 19.0. The molecule has 10 nitrogen and oxygen atoms in total. The van der Waals surface area contributed by atoms with Crippen molar-refractivity contribution in [1.82, 2.24) is 29.2 Å². The van der Waals surface area contributed by atoms with Gasteiger partial charge in [-0.1, -0.05) is 30.7 Å². The first-order chi connectivity index (χ1) is 15.8. The van der Waals surface area contributed by atoms with Crippen molar-refractivity contribution in [3.63, 3.8) is 0 Å². The van der Waals surface area contributed by atoms with Crippen LogP contribution >= 0.6 is 11.6 Å². The number of rotatable bonds is 6. The van der Waals surface area contributed by atoms with Crippen molar-refractivity contribution in [3.05, 3.63) is 73.8 Å². The van der Waals surface area contributed by atoms with Gasteiger partial charge in [-0.25, -0.2) is 9.78 Å². The predicted molar refractivity (Wildman–Crippen MR) is 122 cm³/mol. The third-order valence-corrected chi connectivity index (χ3v) is 5.53. The second-order valence-electron chi connectivity index (χ2n) is 7.48. The molecule has 4 rings (SSSR count). The minimum Gasteiger partial charge on any atom is -0.419 e. The van der Waals surface area contributed by atoms with E-state index in [2.05, 4.69) is 15.2 Å². The quantitative estimate of drug-likeness (QED) is 0.426. The lowest BCUT2D eigenvalue weighted by atomic mass is 10.2. The molecule has 0 aliphatic heterocycles. The molecule has 3 heterocycles. The molecular weight excluding hydrogens is 448 g/mol. The Kier molecular flexibility index (Phi) is 6.10. The van der Waals surface area contributed by atoms with Crippen molar-refractivity contribution in [1.29, 1.82) is 0 Å². The van der Waals surface area contributed by atoms with Gasteiger partial charge in [0.25, 0.3) is 11.5 Å². The maximum atomic E-state index is 13.2. The summed E-state index contributed by atoms with van der Waals surface area (Å²) in [5, 5.41) is 8.82. The van der Waals surface area contributed by atoms with Crippen LogP contribution in [-0.4, -0.2) is 41.7 Å². The molecule has 4 aromatic rings. The first-order valence-electron chi connectivity index (χ1n) is 10.2. The summed E-state index contributed by atoms with van der Waals surface area (Å²) in [5.74, 6) is 0.118. The Bertz CT molecular complexity index is 1470. The molecule has 0 bridgehead atoms. The third kappa shape index (κ3) is 4.17. The number of pyridine rings is 1. The molecule has 0 fully saturated rings. The number of aromatic nitrogens is 5. The lowest BCUT2D eigenvalue weighted by molar-refractivity contribution is 0.0723. The second-order valence-corrected chi connectivity index (χ2v) is 7.89. The first-order valence-corrected chi connectivity index (χ1v) is 10.6. The van der Waals surface area contributed by atoms with Crippen molar-refractivity contribution in [3.8, 4) is 11.5 Å². The molecule has 1 aromatic carbocycles. The highest BCUT2D eigenvalue weighted by Gasteiger charge is 2.22. The van der Waals surface area contributed by atoms with Crippen LogP contribution in [0.1, 0.15) is 29.7 Å². The Hall–Kier alpha value is -3.79. The van der Waals surface area contributed by atoms with E-state index in [0.29, 0.717) is 23.6 Å². The number of carbonyl (C=O) groups is 1. The van der Waals surface area contributed by atoms with Gasteiger partial charge in [-0.2, -0.15) is 0 Å². The predicted octanol–water partition coefficient (Wildman–Crippen LogP) is 2.39. The molecule has 3 aromatic heterocycles.